The lowest BCUT2D eigenvalue weighted by atomic mass is 10.1. The highest BCUT2D eigenvalue weighted by atomic mass is 16.5. The Labute approximate surface area is 233 Å². The number of allylic oxidation sites excluding steroid dienone is 1. The number of carbonyl (C=O) groups excluding carboxylic acids is 4. The molecule has 1 aliphatic heterocycles. The van der Waals surface area contributed by atoms with Gasteiger partial charge in [0, 0.05) is 13.0 Å². The highest BCUT2D eigenvalue weighted by Crippen LogP contribution is 2.13. The summed E-state index contributed by atoms with van der Waals surface area (Å²) in [5.41, 5.74) is 10.6. The van der Waals surface area contributed by atoms with Gasteiger partial charge < -0.3 is 15.8 Å². The van der Waals surface area contributed by atoms with Crippen molar-refractivity contribution in [2.24, 2.45) is 11.7 Å². The van der Waals surface area contributed by atoms with Crippen molar-refractivity contribution in [3.63, 3.8) is 0 Å². The van der Waals surface area contributed by atoms with Crippen LogP contribution in [0.5, 0.6) is 0 Å². The lowest BCUT2D eigenvalue weighted by Gasteiger charge is -2.34. The van der Waals surface area contributed by atoms with Crippen molar-refractivity contribution in [1.29, 1.82) is 0 Å². The van der Waals surface area contributed by atoms with Gasteiger partial charge in [0.05, 0.1) is 0 Å². The number of benzene rings is 1. The topological polar surface area (TPSA) is 131 Å². The van der Waals surface area contributed by atoms with Gasteiger partial charge in [-0.2, -0.15) is 0 Å². The molecule has 1 aromatic rings. The molecule has 3 atom stereocenters. The largest absolute Gasteiger partial charge is 0.452 e. The van der Waals surface area contributed by atoms with E-state index in [1.165, 1.54) is 16.1 Å². The number of rotatable bonds is 13. The standard InChI is InChI=1S/C28H42N4O5.C2H6/c1-5-21-13-10-14-22(18-21)12-8-6-7-9-16-24(33)37-25(19(2)3)27(35)30-20(4)28(36)32-17-11-15-23(31-32)26(29)34;1-2/h8,10,12-14,18-20,23,25,31H,5-7,9,11,15-17H2,1-4H3,(H2,29,34)(H,30,35);1-2H3/b12-8+;/t20-,23-,25?;/m0./s1. The second-order valence-corrected chi connectivity index (χ2v) is 9.85. The van der Waals surface area contributed by atoms with Crippen LogP contribution < -0.4 is 16.5 Å². The average Bonchev–Trinajstić information content (AvgIpc) is 2.94. The number of hydrogen-bond donors (Lipinski definition) is 3. The summed E-state index contributed by atoms with van der Waals surface area (Å²) in [6, 6.07) is 6.92. The molecule has 1 unspecified atom stereocenters. The Morgan fingerprint density at radius 3 is 2.54 bits per heavy atom. The van der Waals surface area contributed by atoms with Gasteiger partial charge in [-0.3, -0.25) is 24.2 Å². The third-order valence-electron chi connectivity index (χ3n) is 6.32. The third-order valence-corrected chi connectivity index (χ3v) is 6.32. The molecule has 1 aliphatic rings. The molecule has 1 fully saturated rings. The van der Waals surface area contributed by atoms with E-state index in [1.54, 1.807) is 20.8 Å². The van der Waals surface area contributed by atoms with Gasteiger partial charge in [0.1, 0.15) is 12.1 Å². The van der Waals surface area contributed by atoms with Gasteiger partial charge in [0.25, 0.3) is 11.8 Å². The molecule has 3 amide bonds. The van der Waals surface area contributed by atoms with Gasteiger partial charge in [-0.1, -0.05) is 71.0 Å². The maximum absolute atomic E-state index is 12.8. The van der Waals surface area contributed by atoms with Gasteiger partial charge >= 0.3 is 5.97 Å². The van der Waals surface area contributed by atoms with E-state index in [0.717, 1.165) is 19.3 Å². The molecule has 0 aromatic heterocycles. The second kappa shape index (κ2) is 18.2. The van der Waals surface area contributed by atoms with E-state index >= 15 is 0 Å². The van der Waals surface area contributed by atoms with Crippen LogP contribution in [-0.4, -0.2) is 53.4 Å². The summed E-state index contributed by atoms with van der Waals surface area (Å²) >= 11 is 0. The lowest BCUT2D eigenvalue weighted by Crippen LogP contribution is -2.60. The lowest BCUT2D eigenvalue weighted by molar-refractivity contribution is -0.159. The second-order valence-electron chi connectivity index (χ2n) is 9.85. The molecule has 1 heterocycles. The van der Waals surface area contributed by atoms with Crippen molar-refractivity contribution in [3.8, 4) is 0 Å². The monoisotopic (exact) mass is 544 g/mol. The zero-order valence-corrected chi connectivity index (χ0v) is 24.5. The van der Waals surface area contributed by atoms with Gasteiger partial charge in [-0.15, -0.1) is 0 Å². The molecule has 0 spiro atoms. The van der Waals surface area contributed by atoms with E-state index in [1.807, 2.05) is 13.8 Å². The van der Waals surface area contributed by atoms with E-state index in [2.05, 4.69) is 54.1 Å². The summed E-state index contributed by atoms with van der Waals surface area (Å²) in [5.74, 6) is -2.14. The van der Waals surface area contributed by atoms with Crippen molar-refractivity contribution < 1.29 is 23.9 Å². The Morgan fingerprint density at radius 1 is 1.18 bits per heavy atom. The Kier molecular flexibility index (Phi) is 15.7. The highest BCUT2D eigenvalue weighted by molar-refractivity contribution is 5.90. The first-order valence-electron chi connectivity index (χ1n) is 14.2. The molecule has 9 nitrogen and oxygen atoms in total. The quantitative estimate of drug-likeness (QED) is 0.255. The number of amides is 3. The van der Waals surface area contributed by atoms with Crippen molar-refractivity contribution >= 4 is 29.8 Å². The first kappa shape index (κ1) is 33.8. The smallest absolute Gasteiger partial charge is 0.306 e. The van der Waals surface area contributed by atoms with Crippen LogP contribution in [0.1, 0.15) is 91.2 Å². The van der Waals surface area contributed by atoms with Crippen LogP contribution in [0.25, 0.3) is 6.08 Å². The van der Waals surface area contributed by atoms with E-state index < -0.39 is 36.0 Å². The Hall–Kier alpha value is -3.20. The van der Waals surface area contributed by atoms with Crippen LogP contribution in [-0.2, 0) is 30.3 Å². The molecule has 2 rings (SSSR count). The molecular weight excluding hydrogens is 496 g/mol. The summed E-state index contributed by atoms with van der Waals surface area (Å²) in [6.07, 6.45) is 7.92. The Bertz CT molecular complexity index is 962. The molecule has 0 bridgehead atoms. The van der Waals surface area contributed by atoms with E-state index in [9.17, 15) is 19.2 Å². The summed E-state index contributed by atoms with van der Waals surface area (Å²) < 4.78 is 5.48. The highest BCUT2D eigenvalue weighted by Gasteiger charge is 2.32. The van der Waals surface area contributed by atoms with Gasteiger partial charge in [-0.05, 0) is 62.5 Å². The third kappa shape index (κ3) is 12.0. The number of nitrogens with one attached hydrogen (secondary N) is 2. The van der Waals surface area contributed by atoms with Gasteiger partial charge in [0.2, 0.25) is 5.91 Å². The minimum atomic E-state index is -0.999. The molecule has 1 aromatic carbocycles. The molecule has 0 saturated carbocycles. The maximum atomic E-state index is 12.8. The molecule has 39 heavy (non-hydrogen) atoms. The average molecular weight is 545 g/mol. The fourth-order valence-corrected chi connectivity index (χ4v) is 4.10. The number of esters is 1. The number of nitrogens with zero attached hydrogens (tertiary/aromatic N) is 1. The maximum Gasteiger partial charge on any atom is 0.306 e. The summed E-state index contributed by atoms with van der Waals surface area (Å²) in [6.45, 7) is 11.7. The Balaban J connectivity index is 0.00000371. The fourth-order valence-electron chi connectivity index (χ4n) is 4.10. The molecule has 4 N–H and O–H groups in total. The molecule has 218 valence electrons. The zero-order chi connectivity index (χ0) is 29.4. The molecule has 1 saturated heterocycles. The van der Waals surface area contributed by atoms with Crippen LogP contribution in [0.4, 0.5) is 0 Å². The van der Waals surface area contributed by atoms with Crippen LogP contribution in [0.2, 0.25) is 0 Å². The van der Waals surface area contributed by atoms with Crippen molar-refractivity contribution in [2.45, 2.75) is 105 Å². The SMILES string of the molecule is CC.CCc1cccc(/C=C/CCCCC(=O)OC(C(=O)N[C@@H](C)C(=O)N2CCC[C@@H](C(N)=O)N2)C(C)C)c1. The Morgan fingerprint density at radius 2 is 1.90 bits per heavy atom. The summed E-state index contributed by atoms with van der Waals surface area (Å²) in [5, 5.41) is 3.96. The van der Waals surface area contributed by atoms with E-state index in [4.69, 9.17) is 10.5 Å². The molecule has 9 heteroatoms. The molecule has 0 radical (unpaired) electrons. The minimum Gasteiger partial charge on any atom is -0.452 e. The number of aryl methyl sites for hydroxylation is 1. The number of hydrogen-bond acceptors (Lipinski definition) is 6. The number of unbranched alkanes of at least 4 members (excludes halogenated alkanes) is 2. The summed E-state index contributed by atoms with van der Waals surface area (Å²) in [4.78, 5) is 49.4. The van der Waals surface area contributed by atoms with E-state index in [-0.39, 0.29) is 18.2 Å². The molecule has 0 aliphatic carbocycles. The fraction of sp³-hybridized carbons (Fsp3) is 0.600. The van der Waals surface area contributed by atoms with Crippen LogP contribution in [0, 0.1) is 5.92 Å². The van der Waals surface area contributed by atoms with Crippen molar-refractivity contribution in [2.75, 3.05) is 6.54 Å². The zero-order valence-electron chi connectivity index (χ0n) is 24.5. The summed E-state index contributed by atoms with van der Waals surface area (Å²) in [7, 11) is 0. The van der Waals surface area contributed by atoms with Crippen LogP contribution in [0.15, 0.2) is 30.3 Å². The predicted octanol–water partition coefficient (Wildman–Crippen LogP) is 3.90. The van der Waals surface area contributed by atoms with Gasteiger partial charge in [-0.25, -0.2) is 5.43 Å². The van der Waals surface area contributed by atoms with E-state index in [0.29, 0.717) is 25.8 Å². The number of nitrogens with two attached hydrogens (primary N) is 1. The van der Waals surface area contributed by atoms with Crippen molar-refractivity contribution in [3.05, 3.63) is 41.5 Å². The number of ether oxygens (including phenoxy) is 1. The molecular formula is C30H48N4O5. The normalized spacial score (nSPS) is 16.7. The minimum absolute atomic E-state index is 0.219. The number of primary amides is 1. The first-order chi connectivity index (χ1) is 18.6. The predicted molar refractivity (Wildman–Crippen MR) is 154 cm³/mol. The first-order valence-corrected chi connectivity index (χ1v) is 14.2. The van der Waals surface area contributed by atoms with Crippen molar-refractivity contribution in [1.82, 2.24) is 15.8 Å². The number of carbonyl (C=O) groups is 4. The van der Waals surface area contributed by atoms with Gasteiger partial charge in [0.15, 0.2) is 6.10 Å². The van der Waals surface area contributed by atoms with Crippen LogP contribution in [0.3, 0.4) is 0 Å². The van der Waals surface area contributed by atoms with Crippen LogP contribution >= 0.6 is 0 Å². The number of hydrazine groups is 1.